The van der Waals surface area contributed by atoms with Crippen molar-refractivity contribution >= 4 is 5.97 Å². The van der Waals surface area contributed by atoms with Crippen LogP contribution in [-0.4, -0.2) is 16.2 Å². The number of aromatic carboxylic acids is 1. The highest BCUT2D eigenvalue weighted by Gasteiger charge is 2.15. The van der Waals surface area contributed by atoms with Gasteiger partial charge in [-0.25, -0.2) is 4.79 Å². The van der Waals surface area contributed by atoms with E-state index in [2.05, 4.69) is 0 Å². The molecule has 0 aliphatic carbocycles. The number of aromatic hydroxyl groups is 1. The molecule has 3 nitrogen and oxygen atoms in total. The monoisotopic (exact) mass is 180 g/mol. The molecule has 0 radical (unpaired) electrons. The Morgan fingerprint density at radius 2 is 2.00 bits per heavy atom. The van der Waals surface area contributed by atoms with Crippen LogP contribution in [-0.2, 0) is 0 Å². The molecule has 1 aromatic carbocycles. The maximum Gasteiger partial charge on any atom is 0.336 e. The summed E-state index contributed by atoms with van der Waals surface area (Å²) in [4.78, 5) is 10.8. The number of carboxylic acids is 1. The lowest BCUT2D eigenvalue weighted by atomic mass is 9.96. The van der Waals surface area contributed by atoms with Crippen molar-refractivity contribution in [1.82, 2.24) is 0 Å². The normalized spacial score (nSPS) is 10.4. The summed E-state index contributed by atoms with van der Waals surface area (Å²) < 4.78 is 0. The number of hydrogen-bond donors (Lipinski definition) is 2. The fourth-order valence-electron chi connectivity index (χ4n) is 1.35. The number of benzene rings is 1. The number of phenolic OH excluding ortho intramolecular Hbond substituents is 1. The summed E-state index contributed by atoms with van der Waals surface area (Å²) in [6, 6.07) is 4.53. The molecule has 0 saturated carbocycles. The minimum atomic E-state index is -1.00. The van der Waals surface area contributed by atoms with Crippen molar-refractivity contribution in [1.29, 1.82) is 0 Å². The minimum absolute atomic E-state index is 0.00676. The van der Waals surface area contributed by atoms with Crippen LogP contribution in [0.3, 0.4) is 0 Å². The Hall–Kier alpha value is -1.51. The van der Waals surface area contributed by atoms with Crippen molar-refractivity contribution < 1.29 is 15.0 Å². The van der Waals surface area contributed by atoms with Crippen molar-refractivity contribution in [3.05, 3.63) is 29.3 Å². The quantitative estimate of drug-likeness (QED) is 0.733. The van der Waals surface area contributed by atoms with Gasteiger partial charge in [0.05, 0.1) is 5.56 Å². The van der Waals surface area contributed by atoms with Gasteiger partial charge >= 0.3 is 5.97 Å². The van der Waals surface area contributed by atoms with E-state index < -0.39 is 5.97 Å². The molecular formula is C10H12O3. The van der Waals surface area contributed by atoms with Crippen molar-refractivity contribution in [2.45, 2.75) is 19.8 Å². The zero-order valence-corrected chi connectivity index (χ0v) is 7.61. The summed E-state index contributed by atoms with van der Waals surface area (Å²) in [7, 11) is 0. The van der Waals surface area contributed by atoms with Gasteiger partial charge in [-0.3, -0.25) is 0 Å². The van der Waals surface area contributed by atoms with E-state index in [0.29, 0.717) is 5.56 Å². The molecule has 3 heteroatoms. The first kappa shape index (κ1) is 9.58. The van der Waals surface area contributed by atoms with Gasteiger partial charge in [0.15, 0.2) is 0 Å². The van der Waals surface area contributed by atoms with E-state index in [1.54, 1.807) is 0 Å². The van der Waals surface area contributed by atoms with E-state index in [9.17, 15) is 9.90 Å². The molecule has 0 fully saturated rings. The topological polar surface area (TPSA) is 57.5 Å². The summed E-state index contributed by atoms with van der Waals surface area (Å²) in [6.07, 6.45) is 0. The molecule has 0 saturated heterocycles. The van der Waals surface area contributed by atoms with E-state index in [1.807, 2.05) is 13.8 Å². The number of hydrogen-bond acceptors (Lipinski definition) is 2. The Bertz CT molecular complexity index is 329. The van der Waals surface area contributed by atoms with Gasteiger partial charge in [0.25, 0.3) is 0 Å². The van der Waals surface area contributed by atoms with Gasteiger partial charge in [0.2, 0.25) is 0 Å². The molecule has 0 unspecified atom stereocenters. The molecule has 0 bridgehead atoms. The van der Waals surface area contributed by atoms with Gasteiger partial charge in [0.1, 0.15) is 5.75 Å². The van der Waals surface area contributed by atoms with Crippen LogP contribution in [0.25, 0.3) is 0 Å². The first-order valence-corrected chi connectivity index (χ1v) is 4.09. The summed E-state index contributed by atoms with van der Waals surface area (Å²) in [5, 5.41) is 18.3. The first-order valence-electron chi connectivity index (χ1n) is 4.09. The zero-order valence-electron chi connectivity index (χ0n) is 7.61. The second-order valence-electron chi connectivity index (χ2n) is 3.20. The maximum absolute atomic E-state index is 10.8. The SMILES string of the molecule is CC(C)c1c(O)cccc1C(=O)O. The van der Waals surface area contributed by atoms with Gasteiger partial charge in [0, 0.05) is 5.56 Å². The number of phenols is 1. The van der Waals surface area contributed by atoms with Crippen LogP contribution < -0.4 is 0 Å². The lowest BCUT2D eigenvalue weighted by Gasteiger charge is -2.10. The molecule has 0 heterocycles. The van der Waals surface area contributed by atoms with Gasteiger partial charge in [-0.05, 0) is 18.1 Å². The van der Waals surface area contributed by atoms with Crippen LogP contribution in [0, 0.1) is 0 Å². The second-order valence-corrected chi connectivity index (χ2v) is 3.20. The third-order valence-corrected chi connectivity index (χ3v) is 1.89. The molecule has 0 aliphatic heterocycles. The zero-order chi connectivity index (χ0) is 10.0. The molecule has 0 aliphatic rings. The van der Waals surface area contributed by atoms with E-state index >= 15 is 0 Å². The third-order valence-electron chi connectivity index (χ3n) is 1.89. The highest BCUT2D eigenvalue weighted by Crippen LogP contribution is 2.28. The van der Waals surface area contributed by atoms with Crippen LogP contribution in [0.4, 0.5) is 0 Å². The minimum Gasteiger partial charge on any atom is -0.508 e. The molecule has 2 N–H and O–H groups in total. The van der Waals surface area contributed by atoms with Crippen LogP contribution in [0.15, 0.2) is 18.2 Å². The summed E-state index contributed by atoms with van der Waals surface area (Å²) in [5.74, 6) is -0.943. The average Bonchev–Trinajstić information content (AvgIpc) is 2.02. The molecule has 1 aromatic rings. The van der Waals surface area contributed by atoms with Crippen molar-refractivity contribution in [3.8, 4) is 5.75 Å². The Balaban J connectivity index is 3.34. The van der Waals surface area contributed by atoms with Crippen LogP contribution in [0.2, 0.25) is 0 Å². The molecule has 1 rings (SSSR count). The fraction of sp³-hybridized carbons (Fsp3) is 0.300. The van der Waals surface area contributed by atoms with Crippen LogP contribution in [0.5, 0.6) is 5.75 Å². The van der Waals surface area contributed by atoms with E-state index in [4.69, 9.17) is 5.11 Å². The number of carbonyl (C=O) groups is 1. The molecule has 0 spiro atoms. The predicted octanol–water partition coefficient (Wildman–Crippen LogP) is 2.21. The third kappa shape index (κ3) is 1.80. The predicted molar refractivity (Wildman–Crippen MR) is 49.2 cm³/mol. The fourth-order valence-corrected chi connectivity index (χ4v) is 1.35. The van der Waals surface area contributed by atoms with Crippen molar-refractivity contribution in [3.63, 3.8) is 0 Å². The van der Waals surface area contributed by atoms with E-state index in [-0.39, 0.29) is 17.2 Å². The highest BCUT2D eigenvalue weighted by molar-refractivity contribution is 5.90. The lowest BCUT2D eigenvalue weighted by molar-refractivity contribution is 0.0694. The van der Waals surface area contributed by atoms with Crippen LogP contribution >= 0.6 is 0 Å². The molecule has 0 atom stereocenters. The Labute approximate surface area is 76.6 Å². The van der Waals surface area contributed by atoms with E-state index in [0.717, 1.165) is 0 Å². The second kappa shape index (κ2) is 3.47. The maximum atomic E-state index is 10.8. The van der Waals surface area contributed by atoms with E-state index in [1.165, 1.54) is 18.2 Å². The van der Waals surface area contributed by atoms with Gasteiger partial charge in [-0.1, -0.05) is 19.9 Å². The largest absolute Gasteiger partial charge is 0.508 e. The van der Waals surface area contributed by atoms with Crippen molar-refractivity contribution in [2.24, 2.45) is 0 Å². The highest BCUT2D eigenvalue weighted by atomic mass is 16.4. The number of rotatable bonds is 2. The Morgan fingerprint density at radius 1 is 1.38 bits per heavy atom. The van der Waals surface area contributed by atoms with Gasteiger partial charge in [-0.2, -0.15) is 0 Å². The average molecular weight is 180 g/mol. The summed E-state index contributed by atoms with van der Waals surface area (Å²) in [5.41, 5.74) is 0.671. The Morgan fingerprint density at radius 3 is 2.38 bits per heavy atom. The summed E-state index contributed by atoms with van der Waals surface area (Å²) in [6.45, 7) is 3.70. The molecular weight excluding hydrogens is 168 g/mol. The standard InChI is InChI=1S/C10H12O3/c1-6(2)9-7(10(12)13)4-3-5-8(9)11/h3-6,11H,1-2H3,(H,12,13). The van der Waals surface area contributed by atoms with Gasteiger partial charge < -0.3 is 10.2 Å². The molecule has 13 heavy (non-hydrogen) atoms. The Kier molecular flexibility index (Phi) is 2.56. The molecule has 0 aromatic heterocycles. The molecule has 0 amide bonds. The summed E-state index contributed by atoms with van der Waals surface area (Å²) >= 11 is 0. The van der Waals surface area contributed by atoms with Crippen LogP contribution in [0.1, 0.15) is 35.7 Å². The molecule has 70 valence electrons. The smallest absolute Gasteiger partial charge is 0.336 e. The number of carboxylic acid groups (broad SMARTS) is 1. The van der Waals surface area contributed by atoms with Crippen molar-refractivity contribution in [2.75, 3.05) is 0 Å². The lowest BCUT2D eigenvalue weighted by Crippen LogP contribution is -2.03. The van der Waals surface area contributed by atoms with Gasteiger partial charge in [-0.15, -0.1) is 0 Å². The first-order chi connectivity index (χ1) is 6.04.